The van der Waals surface area contributed by atoms with Crippen LogP contribution in [0.1, 0.15) is 16.7 Å². The minimum atomic E-state index is -0.945. The van der Waals surface area contributed by atoms with E-state index in [1.165, 1.54) is 11.1 Å². The first-order chi connectivity index (χ1) is 12.5. The van der Waals surface area contributed by atoms with Crippen LogP contribution in [0.3, 0.4) is 0 Å². The Hall–Kier alpha value is -2.21. The number of nitrogens with one attached hydrogen (secondary N) is 1. The van der Waals surface area contributed by atoms with Gasteiger partial charge in [-0.15, -0.1) is 0 Å². The molecule has 1 atom stereocenters. The number of aliphatic hydroxyl groups is 2. The standard InChI is InChI=1S/C21H26N2O3/c1-23(14-16-7-3-2-4-8-16)21(20(26)22-13-19(25)15-24)11-17-9-5-6-10-18(17)12-21/h2-10,19,24-25H,11-15H2,1H3,(H,22,26). The van der Waals surface area contributed by atoms with Crippen molar-refractivity contribution < 1.29 is 15.0 Å². The second-order valence-electron chi connectivity index (χ2n) is 7.04. The molecule has 0 fully saturated rings. The molecule has 1 aliphatic rings. The van der Waals surface area contributed by atoms with Gasteiger partial charge >= 0.3 is 0 Å². The smallest absolute Gasteiger partial charge is 0.241 e. The predicted octanol–water partition coefficient (Wildman–Crippen LogP) is 1.13. The molecule has 1 amide bonds. The van der Waals surface area contributed by atoms with Crippen molar-refractivity contribution in [2.45, 2.75) is 31.0 Å². The topological polar surface area (TPSA) is 72.8 Å². The summed E-state index contributed by atoms with van der Waals surface area (Å²) in [7, 11) is 1.97. The summed E-state index contributed by atoms with van der Waals surface area (Å²) in [5.41, 5.74) is 2.82. The molecular formula is C21H26N2O3. The van der Waals surface area contributed by atoms with Crippen molar-refractivity contribution in [3.63, 3.8) is 0 Å². The van der Waals surface area contributed by atoms with E-state index < -0.39 is 11.6 Å². The van der Waals surface area contributed by atoms with Crippen LogP contribution in [0.25, 0.3) is 0 Å². The third kappa shape index (κ3) is 3.80. The van der Waals surface area contributed by atoms with Crippen molar-refractivity contribution in [1.82, 2.24) is 10.2 Å². The van der Waals surface area contributed by atoms with Crippen LogP contribution in [-0.2, 0) is 24.2 Å². The molecule has 0 saturated carbocycles. The van der Waals surface area contributed by atoms with E-state index in [1.54, 1.807) is 0 Å². The highest BCUT2D eigenvalue weighted by Gasteiger charge is 2.46. The monoisotopic (exact) mass is 354 g/mol. The summed E-state index contributed by atoms with van der Waals surface area (Å²) in [6, 6.07) is 18.2. The van der Waals surface area contributed by atoms with E-state index in [9.17, 15) is 9.90 Å². The van der Waals surface area contributed by atoms with Crippen LogP contribution in [0.5, 0.6) is 0 Å². The Labute approximate surface area is 154 Å². The van der Waals surface area contributed by atoms with Crippen molar-refractivity contribution in [1.29, 1.82) is 0 Å². The number of fused-ring (bicyclic) bond motifs is 1. The van der Waals surface area contributed by atoms with Crippen LogP contribution < -0.4 is 5.32 Å². The fourth-order valence-corrected chi connectivity index (χ4v) is 3.65. The maximum absolute atomic E-state index is 13.1. The van der Waals surface area contributed by atoms with Crippen LogP contribution >= 0.6 is 0 Å². The minimum Gasteiger partial charge on any atom is -0.394 e. The fraction of sp³-hybridized carbons (Fsp3) is 0.381. The molecular weight excluding hydrogens is 328 g/mol. The second-order valence-corrected chi connectivity index (χ2v) is 7.04. The van der Waals surface area contributed by atoms with Gasteiger partial charge in [-0.05, 0) is 23.7 Å². The van der Waals surface area contributed by atoms with Crippen molar-refractivity contribution in [3.05, 3.63) is 71.3 Å². The zero-order valence-electron chi connectivity index (χ0n) is 15.1. The van der Waals surface area contributed by atoms with Gasteiger partial charge < -0.3 is 15.5 Å². The first kappa shape index (κ1) is 18.6. The second kappa shape index (κ2) is 7.99. The molecule has 2 aromatic carbocycles. The van der Waals surface area contributed by atoms with Gasteiger partial charge in [0, 0.05) is 25.9 Å². The summed E-state index contributed by atoms with van der Waals surface area (Å²) in [6.45, 7) is 0.338. The van der Waals surface area contributed by atoms with Crippen molar-refractivity contribution in [2.24, 2.45) is 0 Å². The number of rotatable bonds is 7. The molecule has 0 aliphatic heterocycles. The molecule has 0 bridgehead atoms. The first-order valence-electron chi connectivity index (χ1n) is 8.94. The number of aliphatic hydroxyl groups excluding tert-OH is 2. The molecule has 2 aromatic rings. The number of amides is 1. The summed E-state index contributed by atoms with van der Waals surface area (Å²) < 4.78 is 0. The first-order valence-corrected chi connectivity index (χ1v) is 8.94. The molecule has 5 heteroatoms. The molecule has 3 N–H and O–H groups in total. The zero-order chi connectivity index (χ0) is 18.6. The van der Waals surface area contributed by atoms with Gasteiger partial charge in [0.05, 0.1) is 12.7 Å². The Morgan fingerprint density at radius 3 is 2.27 bits per heavy atom. The third-order valence-electron chi connectivity index (χ3n) is 5.21. The molecule has 0 aromatic heterocycles. The van der Waals surface area contributed by atoms with Crippen LogP contribution in [-0.4, -0.2) is 52.9 Å². The molecule has 0 heterocycles. The Kier molecular flexibility index (Phi) is 5.71. The molecule has 3 rings (SSSR count). The van der Waals surface area contributed by atoms with Gasteiger partial charge in [0.15, 0.2) is 0 Å². The van der Waals surface area contributed by atoms with Crippen LogP contribution in [0.15, 0.2) is 54.6 Å². The van der Waals surface area contributed by atoms with Crippen molar-refractivity contribution >= 4 is 5.91 Å². The number of hydrogen-bond donors (Lipinski definition) is 3. The summed E-state index contributed by atoms with van der Waals surface area (Å²) in [4.78, 5) is 15.2. The summed E-state index contributed by atoms with van der Waals surface area (Å²) >= 11 is 0. The number of carbonyl (C=O) groups is 1. The highest BCUT2D eigenvalue weighted by molar-refractivity contribution is 5.88. The van der Waals surface area contributed by atoms with Gasteiger partial charge in [0.2, 0.25) is 5.91 Å². The molecule has 0 saturated heterocycles. The summed E-state index contributed by atoms with van der Waals surface area (Å²) in [6.07, 6.45) is 0.320. The average molecular weight is 354 g/mol. The van der Waals surface area contributed by atoms with Crippen LogP contribution in [0.2, 0.25) is 0 Å². The number of carbonyl (C=O) groups excluding carboxylic acids is 1. The van der Waals surface area contributed by atoms with E-state index in [-0.39, 0.29) is 19.1 Å². The third-order valence-corrected chi connectivity index (χ3v) is 5.21. The lowest BCUT2D eigenvalue weighted by Crippen LogP contribution is -2.59. The lowest BCUT2D eigenvalue weighted by molar-refractivity contribution is -0.133. The molecule has 0 spiro atoms. The van der Waals surface area contributed by atoms with E-state index in [4.69, 9.17) is 5.11 Å². The lowest BCUT2D eigenvalue weighted by Gasteiger charge is -2.37. The maximum Gasteiger partial charge on any atom is 0.241 e. The van der Waals surface area contributed by atoms with E-state index in [0.717, 1.165) is 5.56 Å². The molecule has 26 heavy (non-hydrogen) atoms. The van der Waals surface area contributed by atoms with Crippen molar-refractivity contribution in [2.75, 3.05) is 20.2 Å². The SMILES string of the molecule is CN(Cc1ccccc1)C1(C(=O)NCC(O)CO)Cc2ccccc2C1. The summed E-state index contributed by atoms with van der Waals surface area (Å²) in [5.74, 6) is -0.111. The van der Waals surface area contributed by atoms with E-state index >= 15 is 0 Å². The Morgan fingerprint density at radius 2 is 1.69 bits per heavy atom. The van der Waals surface area contributed by atoms with Gasteiger partial charge in [-0.2, -0.15) is 0 Å². The minimum absolute atomic E-state index is 0.0482. The van der Waals surface area contributed by atoms with Crippen molar-refractivity contribution in [3.8, 4) is 0 Å². The highest BCUT2D eigenvalue weighted by atomic mass is 16.3. The van der Waals surface area contributed by atoms with Crippen LogP contribution in [0.4, 0.5) is 0 Å². The van der Waals surface area contributed by atoms with Gasteiger partial charge in [-0.25, -0.2) is 0 Å². The quantitative estimate of drug-likeness (QED) is 0.697. The number of benzene rings is 2. The molecule has 138 valence electrons. The largest absolute Gasteiger partial charge is 0.394 e. The predicted molar refractivity (Wildman–Crippen MR) is 101 cm³/mol. The normalized spacial score (nSPS) is 16.3. The van der Waals surface area contributed by atoms with Gasteiger partial charge in [0.25, 0.3) is 0 Å². The number of hydrogen-bond acceptors (Lipinski definition) is 4. The number of nitrogens with zero attached hydrogens (tertiary/aromatic N) is 1. The fourth-order valence-electron chi connectivity index (χ4n) is 3.65. The van der Waals surface area contributed by atoms with E-state index in [0.29, 0.717) is 19.4 Å². The molecule has 1 unspecified atom stereocenters. The van der Waals surface area contributed by atoms with Gasteiger partial charge in [-0.1, -0.05) is 54.6 Å². The Morgan fingerprint density at radius 1 is 1.12 bits per heavy atom. The average Bonchev–Trinajstić information content (AvgIpc) is 3.07. The molecule has 5 nitrogen and oxygen atoms in total. The van der Waals surface area contributed by atoms with Crippen LogP contribution in [0, 0.1) is 0 Å². The molecule has 1 aliphatic carbocycles. The Bertz CT molecular complexity index is 723. The van der Waals surface area contributed by atoms with Gasteiger partial charge in [0.1, 0.15) is 5.54 Å². The van der Waals surface area contributed by atoms with E-state index in [1.807, 2.05) is 37.4 Å². The summed E-state index contributed by atoms with van der Waals surface area (Å²) in [5, 5.41) is 21.4. The van der Waals surface area contributed by atoms with E-state index in [2.05, 4.69) is 34.5 Å². The molecule has 0 radical (unpaired) electrons. The van der Waals surface area contributed by atoms with Gasteiger partial charge in [-0.3, -0.25) is 9.69 Å². The maximum atomic E-state index is 13.1. The Balaban J connectivity index is 1.84. The lowest BCUT2D eigenvalue weighted by atomic mass is 9.91. The zero-order valence-corrected chi connectivity index (χ0v) is 15.1. The highest BCUT2D eigenvalue weighted by Crippen LogP contribution is 2.35. The number of likely N-dealkylation sites (N-methyl/N-ethyl adjacent to an activating group) is 1.